The van der Waals surface area contributed by atoms with Gasteiger partial charge in [-0.1, -0.05) is 6.92 Å². The van der Waals surface area contributed by atoms with Crippen molar-refractivity contribution in [1.82, 2.24) is 15.3 Å². The van der Waals surface area contributed by atoms with Gasteiger partial charge >= 0.3 is 0 Å². The number of nitrogens with zero attached hydrogens (tertiary/aromatic N) is 2. The lowest BCUT2D eigenvalue weighted by Gasteiger charge is -2.35. The Balaban J connectivity index is 1.96. The highest BCUT2D eigenvalue weighted by atomic mass is 15.0. The number of nitrogens with one attached hydrogen (secondary N) is 1. The van der Waals surface area contributed by atoms with Gasteiger partial charge < -0.3 is 5.32 Å². The Morgan fingerprint density at radius 1 is 1.33 bits per heavy atom. The molecular formula is C12H19N3. The van der Waals surface area contributed by atoms with Gasteiger partial charge in [0, 0.05) is 24.5 Å². The van der Waals surface area contributed by atoms with Crippen molar-refractivity contribution in [1.29, 1.82) is 0 Å². The number of aryl methyl sites for hydroxylation is 1. The third-order valence-corrected chi connectivity index (χ3v) is 3.19. The lowest BCUT2D eigenvalue weighted by atomic mass is 9.81. The molecule has 0 radical (unpaired) electrons. The minimum atomic E-state index is 0.316. The highest BCUT2D eigenvalue weighted by Gasteiger charge is 2.27. The van der Waals surface area contributed by atoms with Crippen molar-refractivity contribution in [2.75, 3.05) is 0 Å². The van der Waals surface area contributed by atoms with Crippen LogP contribution in [0.25, 0.3) is 0 Å². The van der Waals surface area contributed by atoms with Gasteiger partial charge in [-0.15, -0.1) is 0 Å². The zero-order valence-corrected chi connectivity index (χ0v) is 9.70. The summed E-state index contributed by atoms with van der Waals surface area (Å²) in [6.07, 6.45) is 6.11. The molecule has 1 atom stereocenters. The molecule has 1 aliphatic carbocycles. The second-order valence-corrected chi connectivity index (χ2v) is 4.69. The topological polar surface area (TPSA) is 37.8 Å². The lowest BCUT2D eigenvalue weighted by Crippen LogP contribution is -2.41. The summed E-state index contributed by atoms with van der Waals surface area (Å²) in [6, 6.07) is 0.993. The average molecular weight is 205 g/mol. The SMILES string of the molecule is Cc1nccnc1C(C)NC1CC(C)C1. The summed E-state index contributed by atoms with van der Waals surface area (Å²) in [5.41, 5.74) is 2.11. The van der Waals surface area contributed by atoms with Crippen LogP contribution in [-0.2, 0) is 0 Å². The van der Waals surface area contributed by atoms with Crippen molar-refractivity contribution in [2.45, 2.75) is 45.7 Å². The molecule has 2 rings (SSSR count). The quantitative estimate of drug-likeness (QED) is 0.822. The van der Waals surface area contributed by atoms with E-state index in [9.17, 15) is 0 Å². The zero-order chi connectivity index (χ0) is 10.8. The van der Waals surface area contributed by atoms with Gasteiger partial charge in [-0.3, -0.25) is 9.97 Å². The molecule has 1 aliphatic rings. The first-order chi connectivity index (χ1) is 7.16. The molecule has 82 valence electrons. The maximum absolute atomic E-state index is 4.38. The molecule has 1 heterocycles. The molecule has 15 heavy (non-hydrogen) atoms. The Kier molecular flexibility index (Phi) is 3.00. The van der Waals surface area contributed by atoms with Gasteiger partial charge in [0.1, 0.15) is 0 Å². The van der Waals surface area contributed by atoms with Crippen molar-refractivity contribution < 1.29 is 0 Å². The Labute approximate surface area is 91.3 Å². The Morgan fingerprint density at radius 2 is 2.00 bits per heavy atom. The summed E-state index contributed by atoms with van der Waals surface area (Å²) in [6.45, 7) is 6.49. The molecule has 1 fully saturated rings. The molecule has 0 amide bonds. The maximum atomic E-state index is 4.38. The number of hydrogen-bond donors (Lipinski definition) is 1. The van der Waals surface area contributed by atoms with E-state index in [1.807, 2.05) is 6.92 Å². The summed E-state index contributed by atoms with van der Waals surface area (Å²) < 4.78 is 0. The van der Waals surface area contributed by atoms with Gasteiger partial charge in [0.05, 0.1) is 11.4 Å². The summed E-state index contributed by atoms with van der Waals surface area (Å²) in [5.74, 6) is 0.887. The molecule has 1 unspecified atom stereocenters. The highest BCUT2D eigenvalue weighted by molar-refractivity contribution is 5.12. The summed E-state index contributed by atoms with van der Waals surface area (Å²) >= 11 is 0. The van der Waals surface area contributed by atoms with Crippen LogP contribution in [0.2, 0.25) is 0 Å². The van der Waals surface area contributed by atoms with Crippen molar-refractivity contribution in [3.63, 3.8) is 0 Å². The first-order valence-electron chi connectivity index (χ1n) is 5.70. The Bertz CT molecular complexity index is 331. The Hall–Kier alpha value is -0.960. The van der Waals surface area contributed by atoms with Crippen LogP contribution in [0.5, 0.6) is 0 Å². The molecule has 3 nitrogen and oxygen atoms in total. The number of hydrogen-bond acceptors (Lipinski definition) is 3. The van der Waals surface area contributed by atoms with Gasteiger partial charge in [0.25, 0.3) is 0 Å². The van der Waals surface area contributed by atoms with Crippen molar-refractivity contribution in [3.8, 4) is 0 Å². The molecule has 1 N–H and O–H groups in total. The smallest absolute Gasteiger partial charge is 0.0782 e. The Morgan fingerprint density at radius 3 is 2.60 bits per heavy atom. The van der Waals surface area contributed by atoms with Crippen molar-refractivity contribution in [3.05, 3.63) is 23.8 Å². The van der Waals surface area contributed by atoms with E-state index < -0.39 is 0 Å². The van der Waals surface area contributed by atoms with Crippen LogP contribution in [-0.4, -0.2) is 16.0 Å². The molecule has 1 aromatic heterocycles. The molecule has 0 saturated heterocycles. The minimum absolute atomic E-state index is 0.316. The lowest BCUT2D eigenvalue weighted by molar-refractivity contribution is 0.225. The maximum Gasteiger partial charge on any atom is 0.0782 e. The van der Waals surface area contributed by atoms with E-state index in [2.05, 4.69) is 29.1 Å². The van der Waals surface area contributed by atoms with Crippen LogP contribution in [0.4, 0.5) is 0 Å². The van der Waals surface area contributed by atoms with E-state index in [0.717, 1.165) is 17.3 Å². The molecule has 0 bridgehead atoms. The third kappa shape index (κ3) is 2.34. The second kappa shape index (κ2) is 4.27. The highest BCUT2D eigenvalue weighted by Crippen LogP contribution is 2.28. The zero-order valence-electron chi connectivity index (χ0n) is 9.70. The van der Waals surface area contributed by atoms with E-state index in [1.165, 1.54) is 12.8 Å². The summed E-state index contributed by atoms with van der Waals surface area (Å²) in [4.78, 5) is 8.65. The molecule has 1 aromatic rings. The first-order valence-corrected chi connectivity index (χ1v) is 5.70. The predicted octanol–water partition coefficient (Wildman–Crippen LogP) is 2.23. The molecule has 0 spiro atoms. The van der Waals surface area contributed by atoms with Crippen LogP contribution >= 0.6 is 0 Å². The molecule has 0 aliphatic heterocycles. The van der Waals surface area contributed by atoms with Gasteiger partial charge in [0.15, 0.2) is 0 Å². The van der Waals surface area contributed by atoms with E-state index in [4.69, 9.17) is 0 Å². The fourth-order valence-corrected chi connectivity index (χ4v) is 2.31. The third-order valence-electron chi connectivity index (χ3n) is 3.19. The summed E-state index contributed by atoms with van der Waals surface area (Å²) in [5, 5.41) is 3.60. The fourth-order valence-electron chi connectivity index (χ4n) is 2.31. The number of aromatic nitrogens is 2. The van der Waals surface area contributed by atoms with Gasteiger partial charge in [0.2, 0.25) is 0 Å². The largest absolute Gasteiger partial charge is 0.306 e. The standard InChI is InChI=1S/C12H19N3/c1-8-6-11(7-8)15-10(3)12-9(2)13-4-5-14-12/h4-5,8,10-11,15H,6-7H2,1-3H3. The van der Waals surface area contributed by atoms with E-state index in [-0.39, 0.29) is 0 Å². The van der Waals surface area contributed by atoms with Crippen LogP contribution in [0, 0.1) is 12.8 Å². The second-order valence-electron chi connectivity index (χ2n) is 4.69. The van der Waals surface area contributed by atoms with Crippen LogP contribution in [0.15, 0.2) is 12.4 Å². The fraction of sp³-hybridized carbons (Fsp3) is 0.667. The van der Waals surface area contributed by atoms with Gasteiger partial charge in [-0.05, 0) is 32.6 Å². The summed E-state index contributed by atoms with van der Waals surface area (Å²) in [7, 11) is 0. The van der Waals surface area contributed by atoms with Crippen LogP contribution in [0.3, 0.4) is 0 Å². The normalized spacial score (nSPS) is 27.1. The van der Waals surface area contributed by atoms with Crippen molar-refractivity contribution >= 4 is 0 Å². The monoisotopic (exact) mass is 205 g/mol. The minimum Gasteiger partial charge on any atom is -0.306 e. The van der Waals surface area contributed by atoms with Gasteiger partial charge in [-0.25, -0.2) is 0 Å². The van der Waals surface area contributed by atoms with E-state index >= 15 is 0 Å². The molecule has 0 aromatic carbocycles. The van der Waals surface area contributed by atoms with Crippen molar-refractivity contribution in [2.24, 2.45) is 5.92 Å². The van der Waals surface area contributed by atoms with Crippen LogP contribution < -0.4 is 5.32 Å². The molecular weight excluding hydrogens is 186 g/mol. The van der Waals surface area contributed by atoms with E-state index in [1.54, 1.807) is 12.4 Å². The van der Waals surface area contributed by atoms with Gasteiger partial charge in [-0.2, -0.15) is 0 Å². The first kappa shape index (κ1) is 10.6. The predicted molar refractivity (Wildman–Crippen MR) is 60.5 cm³/mol. The van der Waals surface area contributed by atoms with E-state index in [0.29, 0.717) is 12.1 Å². The average Bonchev–Trinajstić information content (AvgIpc) is 2.16. The van der Waals surface area contributed by atoms with Crippen LogP contribution in [0.1, 0.15) is 44.1 Å². The molecule has 3 heteroatoms. The number of rotatable bonds is 3. The molecule has 1 saturated carbocycles.